The van der Waals surface area contributed by atoms with Crippen LogP contribution in [-0.2, 0) is 11.3 Å². The van der Waals surface area contributed by atoms with Crippen LogP contribution in [0.3, 0.4) is 0 Å². The minimum absolute atomic E-state index is 0.0508. The molecule has 5 rings (SSSR count). The van der Waals surface area contributed by atoms with E-state index < -0.39 is 0 Å². The van der Waals surface area contributed by atoms with E-state index in [0.29, 0.717) is 22.7 Å². The molecule has 1 saturated heterocycles. The van der Waals surface area contributed by atoms with E-state index in [4.69, 9.17) is 16.1 Å². The first kappa shape index (κ1) is 23.9. The highest BCUT2D eigenvalue weighted by Gasteiger charge is 2.42. The van der Waals surface area contributed by atoms with Gasteiger partial charge in [-0.1, -0.05) is 50.9 Å². The standard InChI is InChI=1S/C25H28BrClN4O2S/c1-15(2)30-11-9-16(10-12-30)28-25(32)24-23(26)18-5-3-4-6-19(18)31(24)14-17-13-20(33-29-17)21-7-8-22(27)34-21/h3-8,13,15-16,23-24H,9-12,14H2,1-2H3,(H,28,32). The molecule has 0 bridgehead atoms. The number of rotatable bonds is 6. The predicted octanol–water partition coefficient (Wildman–Crippen LogP) is 5.87. The van der Waals surface area contributed by atoms with Crippen LogP contribution in [0.2, 0.25) is 4.34 Å². The van der Waals surface area contributed by atoms with Crippen molar-refractivity contribution in [3.05, 3.63) is 58.1 Å². The molecule has 1 N–H and O–H groups in total. The van der Waals surface area contributed by atoms with Crippen LogP contribution < -0.4 is 10.2 Å². The van der Waals surface area contributed by atoms with Gasteiger partial charge in [-0.15, -0.1) is 11.3 Å². The van der Waals surface area contributed by atoms with Crippen molar-refractivity contribution in [3.8, 4) is 10.6 Å². The molecule has 0 saturated carbocycles. The Kier molecular flexibility index (Phi) is 7.02. The van der Waals surface area contributed by atoms with E-state index in [-0.39, 0.29) is 22.8 Å². The minimum atomic E-state index is -0.364. The van der Waals surface area contributed by atoms with Gasteiger partial charge in [0.05, 0.1) is 20.6 Å². The van der Waals surface area contributed by atoms with Gasteiger partial charge in [-0.05, 0) is 50.5 Å². The molecule has 2 aliphatic heterocycles. The number of fused-ring (bicyclic) bond motifs is 1. The Hall–Kier alpha value is -1.87. The molecule has 0 spiro atoms. The summed E-state index contributed by atoms with van der Waals surface area (Å²) < 4.78 is 6.30. The fraction of sp³-hybridized carbons (Fsp3) is 0.440. The monoisotopic (exact) mass is 562 g/mol. The minimum Gasteiger partial charge on any atom is -0.355 e. The van der Waals surface area contributed by atoms with E-state index in [1.807, 2.05) is 30.3 Å². The summed E-state index contributed by atoms with van der Waals surface area (Å²) in [5.41, 5.74) is 2.94. The molecule has 0 aliphatic carbocycles. The molecular formula is C25H28BrClN4O2S. The SMILES string of the molecule is CC(C)N1CCC(NC(=O)C2C(Br)c3ccccc3N2Cc2cc(-c3ccc(Cl)s3)on2)CC1. The number of alkyl halides is 1. The van der Waals surface area contributed by atoms with Gasteiger partial charge >= 0.3 is 0 Å². The number of carbonyl (C=O) groups excluding carboxylic acids is 1. The number of nitrogens with one attached hydrogen (secondary N) is 1. The fourth-order valence-corrected chi connectivity index (χ4v) is 6.79. The summed E-state index contributed by atoms with van der Waals surface area (Å²) in [6, 6.07) is 14.3. The number of piperidine rings is 1. The highest BCUT2D eigenvalue weighted by molar-refractivity contribution is 9.09. The molecule has 1 fully saturated rings. The third-order valence-corrected chi connectivity index (χ3v) is 8.98. The topological polar surface area (TPSA) is 61.6 Å². The van der Waals surface area contributed by atoms with Gasteiger partial charge < -0.3 is 19.6 Å². The molecule has 2 atom stereocenters. The quantitative estimate of drug-likeness (QED) is 0.380. The first-order valence-corrected chi connectivity index (χ1v) is 13.8. The van der Waals surface area contributed by atoms with Crippen LogP contribution in [-0.4, -0.2) is 47.2 Å². The third-order valence-electron chi connectivity index (χ3n) is 6.74. The fourth-order valence-electron chi connectivity index (χ4n) is 4.89. The zero-order valence-corrected chi connectivity index (χ0v) is 22.4. The molecule has 34 heavy (non-hydrogen) atoms. The van der Waals surface area contributed by atoms with Crippen LogP contribution in [0.4, 0.5) is 5.69 Å². The van der Waals surface area contributed by atoms with E-state index in [9.17, 15) is 4.79 Å². The molecule has 2 aromatic heterocycles. The number of halogens is 2. The van der Waals surface area contributed by atoms with Crippen molar-refractivity contribution in [1.82, 2.24) is 15.4 Å². The van der Waals surface area contributed by atoms with Crippen LogP contribution in [0.25, 0.3) is 10.6 Å². The van der Waals surface area contributed by atoms with E-state index >= 15 is 0 Å². The second kappa shape index (κ2) is 10.0. The van der Waals surface area contributed by atoms with Gasteiger partial charge in [-0.25, -0.2) is 0 Å². The number of aromatic nitrogens is 1. The average molecular weight is 564 g/mol. The largest absolute Gasteiger partial charge is 0.355 e. The number of amides is 1. The van der Waals surface area contributed by atoms with Crippen molar-refractivity contribution in [1.29, 1.82) is 0 Å². The van der Waals surface area contributed by atoms with Crippen molar-refractivity contribution in [2.75, 3.05) is 18.0 Å². The number of benzene rings is 1. The van der Waals surface area contributed by atoms with Gasteiger partial charge in [-0.2, -0.15) is 0 Å². The second-order valence-electron chi connectivity index (χ2n) is 9.23. The van der Waals surface area contributed by atoms with Crippen LogP contribution in [0.5, 0.6) is 0 Å². The van der Waals surface area contributed by atoms with E-state index in [0.717, 1.165) is 47.8 Å². The summed E-state index contributed by atoms with van der Waals surface area (Å²) in [7, 11) is 0. The number of thiophene rings is 1. The highest BCUT2D eigenvalue weighted by atomic mass is 79.9. The predicted molar refractivity (Wildman–Crippen MR) is 141 cm³/mol. The maximum Gasteiger partial charge on any atom is 0.244 e. The summed E-state index contributed by atoms with van der Waals surface area (Å²) in [6.07, 6.45) is 1.96. The molecule has 6 nitrogen and oxygen atoms in total. The third kappa shape index (κ3) is 4.78. The summed E-state index contributed by atoms with van der Waals surface area (Å²) >= 11 is 11.4. The Labute approximate surface area is 217 Å². The second-order valence-corrected chi connectivity index (χ2v) is 11.9. The van der Waals surface area contributed by atoms with Gasteiger partial charge in [-0.3, -0.25) is 4.79 Å². The zero-order chi connectivity index (χ0) is 23.8. The van der Waals surface area contributed by atoms with Crippen molar-refractivity contribution < 1.29 is 9.32 Å². The van der Waals surface area contributed by atoms with Crippen molar-refractivity contribution >= 4 is 50.5 Å². The lowest BCUT2D eigenvalue weighted by molar-refractivity contribution is -0.123. The van der Waals surface area contributed by atoms with E-state index in [2.05, 4.69) is 62.2 Å². The van der Waals surface area contributed by atoms with Gasteiger partial charge in [0, 0.05) is 36.9 Å². The molecule has 180 valence electrons. The van der Waals surface area contributed by atoms with Crippen LogP contribution >= 0.6 is 38.9 Å². The van der Waals surface area contributed by atoms with Crippen molar-refractivity contribution in [3.63, 3.8) is 0 Å². The molecule has 0 radical (unpaired) electrons. The lowest BCUT2D eigenvalue weighted by Gasteiger charge is -2.36. The molecule has 1 aromatic carbocycles. The summed E-state index contributed by atoms with van der Waals surface area (Å²) in [6.45, 7) is 6.97. The number of para-hydroxylation sites is 1. The van der Waals surface area contributed by atoms with Crippen LogP contribution in [0.1, 0.15) is 42.8 Å². The van der Waals surface area contributed by atoms with Crippen LogP contribution in [0.15, 0.2) is 47.0 Å². The Morgan fingerprint density at radius 1 is 1.26 bits per heavy atom. The summed E-state index contributed by atoms with van der Waals surface area (Å²) in [5.74, 6) is 0.738. The average Bonchev–Trinajstić information content (AvgIpc) is 3.53. The number of likely N-dealkylation sites (tertiary alicyclic amines) is 1. The Bertz CT molecular complexity index is 1160. The first-order chi connectivity index (χ1) is 16.4. The number of hydrogen-bond acceptors (Lipinski definition) is 6. The maximum absolute atomic E-state index is 13.6. The molecule has 1 amide bonds. The van der Waals surface area contributed by atoms with Gasteiger partial charge in [0.2, 0.25) is 5.91 Å². The lowest BCUT2D eigenvalue weighted by Crippen LogP contribution is -2.52. The van der Waals surface area contributed by atoms with Gasteiger partial charge in [0.25, 0.3) is 0 Å². The van der Waals surface area contributed by atoms with E-state index in [1.165, 1.54) is 11.3 Å². The molecule has 3 aromatic rings. The zero-order valence-electron chi connectivity index (χ0n) is 19.2. The Balaban J connectivity index is 1.34. The molecule has 4 heterocycles. The van der Waals surface area contributed by atoms with Crippen molar-refractivity contribution in [2.45, 2.75) is 56.2 Å². The summed E-state index contributed by atoms with van der Waals surface area (Å²) in [4.78, 5) is 19.0. The van der Waals surface area contributed by atoms with Crippen molar-refractivity contribution in [2.24, 2.45) is 0 Å². The number of nitrogens with zero attached hydrogens (tertiary/aromatic N) is 3. The number of carbonyl (C=O) groups is 1. The van der Waals surface area contributed by atoms with Gasteiger partial charge in [0.15, 0.2) is 5.76 Å². The summed E-state index contributed by atoms with van der Waals surface area (Å²) in [5, 5.41) is 7.63. The number of hydrogen-bond donors (Lipinski definition) is 1. The Morgan fingerprint density at radius 2 is 2.03 bits per heavy atom. The Morgan fingerprint density at radius 3 is 2.74 bits per heavy atom. The maximum atomic E-state index is 13.6. The van der Waals surface area contributed by atoms with Gasteiger partial charge in [0.1, 0.15) is 11.7 Å². The highest BCUT2D eigenvalue weighted by Crippen LogP contribution is 2.45. The normalized spacial score (nSPS) is 21.3. The smallest absolute Gasteiger partial charge is 0.244 e. The lowest BCUT2D eigenvalue weighted by atomic mass is 10.0. The van der Waals surface area contributed by atoms with E-state index in [1.54, 1.807) is 0 Å². The molecule has 9 heteroatoms. The number of anilines is 1. The van der Waals surface area contributed by atoms with Crippen LogP contribution in [0, 0.1) is 0 Å². The molecule has 2 aliphatic rings. The molecule has 2 unspecified atom stereocenters. The first-order valence-electron chi connectivity index (χ1n) is 11.7. The molecular weight excluding hydrogens is 536 g/mol.